The average Bonchev–Trinajstić information content (AvgIpc) is 2.67. The SMILES string of the molecule is COC1CCC(CCNC(=O)c2ccc([N+](=O)[O-])c3cccnc23)CC1. The number of nitro benzene ring substituents is 1. The Bertz CT molecular complexity index is 800. The van der Waals surface area contributed by atoms with Crippen LogP contribution in [0.4, 0.5) is 5.69 Å². The summed E-state index contributed by atoms with van der Waals surface area (Å²) in [5, 5.41) is 14.5. The molecule has 0 atom stereocenters. The molecule has 0 aliphatic heterocycles. The van der Waals surface area contributed by atoms with Gasteiger partial charge in [-0.05, 0) is 56.2 Å². The van der Waals surface area contributed by atoms with Gasteiger partial charge in [-0.3, -0.25) is 19.9 Å². The van der Waals surface area contributed by atoms with Crippen LogP contribution in [-0.2, 0) is 4.74 Å². The summed E-state index contributed by atoms with van der Waals surface area (Å²) in [4.78, 5) is 27.4. The number of carbonyl (C=O) groups excluding carboxylic acids is 1. The predicted octanol–water partition coefficient (Wildman–Crippen LogP) is 3.47. The Hall–Kier alpha value is -2.54. The van der Waals surface area contributed by atoms with Gasteiger partial charge in [0.15, 0.2) is 0 Å². The number of rotatable bonds is 6. The molecular weight excluding hydrogens is 334 g/mol. The highest BCUT2D eigenvalue weighted by molar-refractivity contribution is 6.07. The molecule has 1 fully saturated rings. The van der Waals surface area contributed by atoms with E-state index in [2.05, 4.69) is 10.3 Å². The van der Waals surface area contributed by atoms with E-state index in [4.69, 9.17) is 4.74 Å². The Labute approximate surface area is 151 Å². The number of benzene rings is 1. The van der Waals surface area contributed by atoms with Crippen molar-refractivity contribution in [2.24, 2.45) is 5.92 Å². The fourth-order valence-corrected chi connectivity index (χ4v) is 3.64. The third-order valence-electron chi connectivity index (χ3n) is 5.15. The zero-order chi connectivity index (χ0) is 18.5. The van der Waals surface area contributed by atoms with Crippen LogP contribution in [0.2, 0.25) is 0 Å². The van der Waals surface area contributed by atoms with Crippen molar-refractivity contribution in [2.75, 3.05) is 13.7 Å². The fourth-order valence-electron chi connectivity index (χ4n) is 3.64. The number of hydrogen-bond acceptors (Lipinski definition) is 5. The summed E-state index contributed by atoms with van der Waals surface area (Å²) in [7, 11) is 1.76. The summed E-state index contributed by atoms with van der Waals surface area (Å²) in [5.74, 6) is 0.364. The number of nitro groups is 1. The van der Waals surface area contributed by atoms with Crippen molar-refractivity contribution >= 4 is 22.5 Å². The number of carbonyl (C=O) groups is 1. The fraction of sp³-hybridized carbons (Fsp3) is 0.474. The van der Waals surface area contributed by atoms with Gasteiger partial charge in [0, 0.05) is 25.9 Å². The molecule has 7 nitrogen and oxygen atoms in total. The molecule has 7 heteroatoms. The second-order valence-electron chi connectivity index (χ2n) is 6.71. The van der Waals surface area contributed by atoms with Gasteiger partial charge in [0.1, 0.15) is 0 Å². The topological polar surface area (TPSA) is 94.4 Å². The number of amides is 1. The largest absolute Gasteiger partial charge is 0.381 e. The molecule has 1 aromatic carbocycles. The molecule has 0 unspecified atom stereocenters. The first kappa shape index (κ1) is 18.3. The summed E-state index contributed by atoms with van der Waals surface area (Å²) in [6.07, 6.45) is 7.24. The lowest BCUT2D eigenvalue weighted by Crippen LogP contribution is -2.28. The van der Waals surface area contributed by atoms with E-state index < -0.39 is 4.92 Å². The maximum atomic E-state index is 12.5. The highest BCUT2D eigenvalue weighted by atomic mass is 16.6. The molecule has 3 rings (SSSR count). The number of nitrogens with zero attached hydrogens (tertiary/aromatic N) is 2. The van der Waals surface area contributed by atoms with Crippen molar-refractivity contribution in [1.29, 1.82) is 0 Å². The van der Waals surface area contributed by atoms with Crippen molar-refractivity contribution < 1.29 is 14.5 Å². The number of fused-ring (bicyclic) bond motifs is 1. The third-order valence-corrected chi connectivity index (χ3v) is 5.15. The molecule has 138 valence electrons. The van der Waals surface area contributed by atoms with Crippen molar-refractivity contribution in [2.45, 2.75) is 38.2 Å². The van der Waals surface area contributed by atoms with Crippen molar-refractivity contribution in [3.63, 3.8) is 0 Å². The molecule has 1 aliphatic rings. The quantitative estimate of drug-likeness (QED) is 0.631. The van der Waals surface area contributed by atoms with E-state index in [9.17, 15) is 14.9 Å². The van der Waals surface area contributed by atoms with Crippen LogP contribution in [-0.4, -0.2) is 35.6 Å². The predicted molar refractivity (Wildman–Crippen MR) is 98.1 cm³/mol. The monoisotopic (exact) mass is 357 g/mol. The molecule has 1 heterocycles. The van der Waals surface area contributed by atoms with Gasteiger partial charge < -0.3 is 10.1 Å². The van der Waals surface area contributed by atoms with E-state index in [0.29, 0.717) is 35.0 Å². The van der Waals surface area contributed by atoms with E-state index in [-0.39, 0.29) is 11.6 Å². The first-order valence-electron chi connectivity index (χ1n) is 8.93. The second-order valence-corrected chi connectivity index (χ2v) is 6.71. The van der Waals surface area contributed by atoms with Crippen LogP contribution in [0.15, 0.2) is 30.5 Å². The van der Waals surface area contributed by atoms with Crippen LogP contribution >= 0.6 is 0 Å². The molecule has 1 aliphatic carbocycles. The number of hydrogen-bond donors (Lipinski definition) is 1. The van der Waals surface area contributed by atoms with Gasteiger partial charge >= 0.3 is 0 Å². The first-order valence-corrected chi connectivity index (χ1v) is 8.93. The summed E-state index contributed by atoms with van der Waals surface area (Å²) < 4.78 is 5.38. The van der Waals surface area contributed by atoms with Gasteiger partial charge in [-0.1, -0.05) is 0 Å². The van der Waals surface area contributed by atoms with Crippen molar-refractivity contribution in [3.05, 3.63) is 46.1 Å². The molecule has 2 aromatic rings. The average molecular weight is 357 g/mol. The zero-order valence-electron chi connectivity index (χ0n) is 14.8. The van der Waals surface area contributed by atoms with Crippen molar-refractivity contribution in [3.8, 4) is 0 Å². The van der Waals surface area contributed by atoms with E-state index in [1.54, 1.807) is 19.2 Å². The molecule has 26 heavy (non-hydrogen) atoms. The Morgan fingerprint density at radius 2 is 2.08 bits per heavy atom. The van der Waals surface area contributed by atoms with E-state index in [1.165, 1.54) is 18.3 Å². The zero-order valence-corrected chi connectivity index (χ0v) is 14.8. The smallest absolute Gasteiger partial charge is 0.278 e. The molecule has 0 spiro atoms. The summed E-state index contributed by atoms with van der Waals surface area (Å²) in [6, 6.07) is 6.09. The van der Waals surface area contributed by atoms with Crippen LogP contribution in [0.3, 0.4) is 0 Å². The molecule has 0 bridgehead atoms. The Kier molecular flexibility index (Phi) is 5.78. The minimum absolute atomic E-state index is 0.0421. The molecule has 1 saturated carbocycles. The highest BCUT2D eigenvalue weighted by Gasteiger charge is 2.22. The van der Waals surface area contributed by atoms with E-state index in [1.807, 2.05) is 0 Å². The standard InChI is InChI=1S/C19H23N3O4/c1-26-14-6-4-13(5-7-14)10-12-21-19(23)16-8-9-17(22(24)25)15-3-2-11-20-18(15)16/h2-3,8-9,11,13-14H,4-7,10,12H2,1H3,(H,21,23). The second kappa shape index (κ2) is 8.23. The number of nitrogens with one attached hydrogen (secondary N) is 1. The molecular formula is C19H23N3O4. The molecule has 1 amide bonds. The first-order chi connectivity index (χ1) is 12.6. The van der Waals surface area contributed by atoms with Gasteiger partial charge in [-0.25, -0.2) is 0 Å². The van der Waals surface area contributed by atoms with Crippen LogP contribution in [0.1, 0.15) is 42.5 Å². The molecule has 1 aromatic heterocycles. The maximum absolute atomic E-state index is 12.5. The number of non-ortho nitro benzene ring substituents is 1. The van der Waals surface area contributed by atoms with Crippen LogP contribution in [0, 0.1) is 16.0 Å². The summed E-state index contributed by atoms with van der Waals surface area (Å²) >= 11 is 0. The number of ether oxygens (including phenoxy) is 1. The van der Waals surface area contributed by atoms with Gasteiger partial charge in [-0.2, -0.15) is 0 Å². The van der Waals surface area contributed by atoms with Gasteiger partial charge in [-0.15, -0.1) is 0 Å². The normalized spacial score (nSPS) is 20.0. The lowest BCUT2D eigenvalue weighted by molar-refractivity contribution is -0.383. The van der Waals surface area contributed by atoms with Crippen molar-refractivity contribution in [1.82, 2.24) is 10.3 Å². The van der Waals surface area contributed by atoms with Crippen LogP contribution in [0.5, 0.6) is 0 Å². The van der Waals surface area contributed by atoms with Gasteiger partial charge in [0.25, 0.3) is 11.6 Å². The minimum Gasteiger partial charge on any atom is -0.381 e. The van der Waals surface area contributed by atoms with Crippen LogP contribution < -0.4 is 5.32 Å². The minimum atomic E-state index is -0.456. The Morgan fingerprint density at radius 1 is 1.31 bits per heavy atom. The lowest BCUT2D eigenvalue weighted by Gasteiger charge is -2.27. The lowest BCUT2D eigenvalue weighted by atomic mass is 9.85. The van der Waals surface area contributed by atoms with Gasteiger partial charge in [0.05, 0.1) is 27.5 Å². The number of methoxy groups -OCH3 is 1. The maximum Gasteiger partial charge on any atom is 0.278 e. The van der Waals surface area contributed by atoms with Gasteiger partial charge in [0.2, 0.25) is 0 Å². The third kappa shape index (κ3) is 3.99. The number of pyridine rings is 1. The molecule has 1 N–H and O–H groups in total. The number of aromatic nitrogens is 1. The molecule has 0 radical (unpaired) electrons. The Balaban J connectivity index is 1.64. The highest BCUT2D eigenvalue weighted by Crippen LogP contribution is 2.28. The van der Waals surface area contributed by atoms with E-state index >= 15 is 0 Å². The Morgan fingerprint density at radius 3 is 2.77 bits per heavy atom. The molecule has 0 saturated heterocycles. The summed E-state index contributed by atoms with van der Waals surface area (Å²) in [5.41, 5.74) is 0.689. The van der Waals surface area contributed by atoms with Crippen LogP contribution in [0.25, 0.3) is 10.9 Å². The summed E-state index contributed by atoms with van der Waals surface area (Å²) in [6.45, 7) is 0.590. The van der Waals surface area contributed by atoms with E-state index in [0.717, 1.165) is 32.1 Å².